The van der Waals surface area contributed by atoms with Gasteiger partial charge in [0.05, 0.1) is 31.6 Å². The van der Waals surface area contributed by atoms with Crippen molar-refractivity contribution in [2.75, 3.05) is 31.5 Å². The van der Waals surface area contributed by atoms with Crippen molar-refractivity contribution in [3.8, 4) is 0 Å². The molecule has 0 spiro atoms. The summed E-state index contributed by atoms with van der Waals surface area (Å²) in [7, 11) is 0. The number of rotatable bonds is 13. The van der Waals surface area contributed by atoms with Crippen LogP contribution >= 0.6 is 0 Å². The fraction of sp³-hybridized carbons (Fsp3) is 0.476. The average Bonchev–Trinajstić information content (AvgIpc) is 2.75. The van der Waals surface area contributed by atoms with Gasteiger partial charge in [0.1, 0.15) is 0 Å². The van der Waals surface area contributed by atoms with Crippen molar-refractivity contribution in [3.63, 3.8) is 0 Å². The van der Waals surface area contributed by atoms with E-state index >= 15 is 0 Å². The monoisotopic (exact) mass is 449 g/mol. The van der Waals surface area contributed by atoms with Crippen LogP contribution in [0.4, 0.5) is 5.69 Å². The summed E-state index contributed by atoms with van der Waals surface area (Å²) in [5, 5.41) is 18.7. The second kappa shape index (κ2) is 13.1. The highest BCUT2D eigenvalue weighted by Gasteiger charge is 2.26. The maximum absolute atomic E-state index is 12.0. The Bertz CT molecular complexity index is 822. The van der Waals surface area contributed by atoms with Crippen LogP contribution in [0.1, 0.15) is 32.3 Å². The van der Waals surface area contributed by atoms with Gasteiger partial charge in [-0.15, -0.1) is 0 Å². The molecule has 0 heterocycles. The molecule has 1 rings (SSSR count). The molecule has 7 N–H and O–H groups in total. The topological polar surface area (TPSA) is 180 Å². The van der Waals surface area contributed by atoms with Gasteiger partial charge in [0.15, 0.2) is 0 Å². The number of nitrogens with one attached hydrogen (secondary N) is 4. The van der Waals surface area contributed by atoms with Gasteiger partial charge in [-0.1, -0.05) is 12.1 Å². The number of carbonyl (C=O) groups excluding carboxylic acids is 4. The average molecular weight is 450 g/mol. The van der Waals surface area contributed by atoms with Crippen LogP contribution in [0.5, 0.6) is 0 Å². The largest absolute Gasteiger partial charge is 0.481 e. The van der Waals surface area contributed by atoms with Crippen LogP contribution in [-0.4, -0.2) is 60.9 Å². The van der Waals surface area contributed by atoms with E-state index in [-0.39, 0.29) is 26.2 Å². The number of benzene rings is 1. The number of aliphatic carboxylic acids is 1. The highest BCUT2D eigenvalue weighted by molar-refractivity contribution is 5.95. The van der Waals surface area contributed by atoms with Crippen LogP contribution in [0.2, 0.25) is 0 Å². The van der Waals surface area contributed by atoms with Crippen LogP contribution < -0.4 is 27.0 Å². The van der Waals surface area contributed by atoms with Crippen molar-refractivity contribution < 1.29 is 29.1 Å². The van der Waals surface area contributed by atoms with Gasteiger partial charge in [-0.2, -0.15) is 0 Å². The SMILES string of the molecule is CC(C)(CCCc1ccc(NC(=O)CNC(=O)CNC(=O)CNC(=O)CN)cc1)C(=O)O. The highest BCUT2D eigenvalue weighted by atomic mass is 16.4. The first kappa shape index (κ1) is 26.6. The standard InChI is InChI=1S/C21H31N5O6/c1-21(2,20(31)32)9-3-4-14-5-7-15(8-6-14)26-19(30)13-25-18(29)12-24-17(28)11-23-16(27)10-22/h5-8H,3-4,9-13,22H2,1-2H3,(H,23,27)(H,24,28)(H,25,29)(H,26,30)(H,31,32). The van der Waals surface area contributed by atoms with Gasteiger partial charge in [0, 0.05) is 5.69 Å². The third kappa shape index (κ3) is 10.5. The molecule has 1 aromatic carbocycles. The Morgan fingerprint density at radius 3 is 1.84 bits per heavy atom. The van der Waals surface area contributed by atoms with E-state index in [0.717, 1.165) is 18.4 Å². The van der Waals surface area contributed by atoms with E-state index in [1.54, 1.807) is 26.0 Å². The summed E-state index contributed by atoms with van der Waals surface area (Å²) in [4.78, 5) is 57.2. The molecule has 0 saturated carbocycles. The van der Waals surface area contributed by atoms with Crippen molar-refractivity contribution in [1.82, 2.24) is 16.0 Å². The molecule has 0 aliphatic carbocycles. The Kier molecular flexibility index (Phi) is 10.8. The molecule has 0 saturated heterocycles. The van der Waals surface area contributed by atoms with Crippen LogP contribution in [-0.2, 0) is 30.4 Å². The molecule has 0 atom stereocenters. The number of aryl methyl sites for hydroxylation is 1. The molecule has 0 aromatic heterocycles. The fourth-order valence-corrected chi connectivity index (χ4v) is 2.54. The summed E-state index contributed by atoms with van der Waals surface area (Å²) >= 11 is 0. The minimum atomic E-state index is -0.818. The van der Waals surface area contributed by atoms with Gasteiger partial charge in [0.25, 0.3) is 0 Å². The predicted molar refractivity (Wildman–Crippen MR) is 118 cm³/mol. The van der Waals surface area contributed by atoms with Gasteiger partial charge < -0.3 is 32.1 Å². The smallest absolute Gasteiger partial charge is 0.309 e. The van der Waals surface area contributed by atoms with Gasteiger partial charge in [-0.25, -0.2) is 0 Å². The number of hydrogen-bond acceptors (Lipinski definition) is 6. The van der Waals surface area contributed by atoms with E-state index in [0.29, 0.717) is 12.1 Å². The van der Waals surface area contributed by atoms with Gasteiger partial charge in [0.2, 0.25) is 23.6 Å². The van der Waals surface area contributed by atoms with Crippen LogP contribution in [0.3, 0.4) is 0 Å². The molecule has 1 aromatic rings. The molecule has 176 valence electrons. The summed E-state index contributed by atoms with van der Waals surface area (Å²) in [6.07, 6.45) is 2.01. The number of amides is 4. The Labute approximate surface area is 186 Å². The van der Waals surface area contributed by atoms with Gasteiger partial charge in [-0.3, -0.25) is 24.0 Å². The summed E-state index contributed by atoms with van der Waals surface area (Å²) in [6.45, 7) is 2.25. The Hall–Kier alpha value is -3.47. The van der Waals surface area contributed by atoms with E-state index in [9.17, 15) is 24.0 Å². The molecule has 11 heteroatoms. The summed E-state index contributed by atoms with van der Waals surface area (Å²) < 4.78 is 0. The van der Waals surface area contributed by atoms with Crippen molar-refractivity contribution in [2.24, 2.45) is 11.1 Å². The molecule has 0 unspecified atom stereocenters. The lowest BCUT2D eigenvalue weighted by molar-refractivity contribution is -0.147. The maximum atomic E-state index is 12.0. The van der Waals surface area contributed by atoms with E-state index in [4.69, 9.17) is 10.8 Å². The first-order valence-electron chi connectivity index (χ1n) is 10.2. The maximum Gasteiger partial charge on any atom is 0.309 e. The lowest BCUT2D eigenvalue weighted by atomic mass is 9.87. The number of carboxylic acid groups (broad SMARTS) is 1. The quantitative estimate of drug-likeness (QED) is 0.232. The Morgan fingerprint density at radius 1 is 0.844 bits per heavy atom. The number of carbonyl (C=O) groups is 5. The van der Waals surface area contributed by atoms with E-state index in [1.807, 2.05) is 12.1 Å². The van der Waals surface area contributed by atoms with E-state index < -0.39 is 35.0 Å². The lowest BCUT2D eigenvalue weighted by Crippen LogP contribution is -2.44. The normalized spacial score (nSPS) is 10.7. The molecule has 0 aliphatic rings. The third-order valence-electron chi connectivity index (χ3n) is 4.61. The minimum Gasteiger partial charge on any atom is -0.481 e. The molecule has 0 aliphatic heterocycles. The predicted octanol–water partition coefficient (Wildman–Crippen LogP) is -0.634. The molecule has 4 amide bonds. The number of carboxylic acids is 1. The van der Waals surface area contributed by atoms with Crippen molar-refractivity contribution in [3.05, 3.63) is 29.8 Å². The Balaban J connectivity index is 2.30. The van der Waals surface area contributed by atoms with Gasteiger partial charge in [-0.05, 0) is 50.8 Å². The fourth-order valence-electron chi connectivity index (χ4n) is 2.54. The molecular weight excluding hydrogens is 418 g/mol. The molecule has 0 bridgehead atoms. The lowest BCUT2D eigenvalue weighted by Gasteiger charge is -2.18. The minimum absolute atomic E-state index is 0.239. The van der Waals surface area contributed by atoms with Crippen LogP contribution in [0, 0.1) is 5.41 Å². The second-order valence-electron chi connectivity index (χ2n) is 7.82. The number of anilines is 1. The molecule has 0 fully saturated rings. The van der Waals surface area contributed by atoms with E-state index in [2.05, 4.69) is 21.3 Å². The zero-order valence-electron chi connectivity index (χ0n) is 18.3. The summed E-state index contributed by atoms with van der Waals surface area (Å²) in [6, 6.07) is 7.16. The van der Waals surface area contributed by atoms with Crippen LogP contribution in [0.15, 0.2) is 24.3 Å². The van der Waals surface area contributed by atoms with Crippen molar-refractivity contribution in [2.45, 2.75) is 33.1 Å². The van der Waals surface area contributed by atoms with Crippen molar-refractivity contribution in [1.29, 1.82) is 0 Å². The molecule has 0 radical (unpaired) electrons. The first-order valence-corrected chi connectivity index (χ1v) is 10.2. The second-order valence-corrected chi connectivity index (χ2v) is 7.82. The molecule has 32 heavy (non-hydrogen) atoms. The van der Waals surface area contributed by atoms with E-state index in [1.165, 1.54) is 0 Å². The first-order chi connectivity index (χ1) is 15.0. The molecule has 11 nitrogen and oxygen atoms in total. The zero-order chi connectivity index (χ0) is 24.1. The Morgan fingerprint density at radius 2 is 1.34 bits per heavy atom. The summed E-state index contributed by atoms with van der Waals surface area (Å²) in [5.41, 5.74) is 5.91. The number of nitrogens with two attached hydrogens (primary N) is 1. The highest BCUT2D eigenvalue weighted by Crippen LogP contribution is 2.23. The number of hydrogen-bond donors (Lipinski definition) is 6. The van der Waals surface area contributed by atoms with Crippen LogP contribution in [0.25, 0.3) is 0 Å². The zero-order valence-corrected chi connectivity index (χ0v) is 18.3. The van der Waals surface area contributed by atoms with Crippen molar-refractivity contribution >= 4 is 35.3 Å². The molecular formula is C21H31N5O6. The summed E-state index contributed by atoms with van der Waals surface area (Å²) in [5.74, 6) is -2.86. The van der Waals surface area contributed by atoms with Gasteiger partial charge >= 0.3 is 5.97 Å². The third-order valence-corrected chi connectivity index (χ3v) is 4.61.